The molecule has 20 heavy (non-hydrogen) atoms. The van der Waals surface area contributed by atoms with Crippen LogP contribution in [0.15, 0.2) is 30.3 Å². The molecule has 0 radical (unpaired) electrons. The number of carbonyl (C=O) groups excluding carboxylic acids is 1. The average molecular weight is 275 g/mol. The van der Waals surface area contributed by atoms with E-state index >= 15 is 0 Å². The molecule has 110 valence electrons. The van der Waals surface area contributed by atoms with Crippen LogP contribution in [-0.4, -0.2) is 37.1 Å². The summed E-state index contributed by atoms with van der Waals surface area (Å²) in [6.45, 7) is 6.49. The highest BCUT2D eigenvalue weighted by Crippen LogP contribution is 2.28. The van der Waals surface area contributed by atoms with Gasteiger partial charge in [-0.25, -0.2) is 0 Å². The van der Waals surface area contributed by atoms with Gasteiger partial charge in [0.15, 0.2) is 0 Å². The maximum atomic E-state index is 11.8. The molecule has 1 aliphatic rings. The molecule has 1 aliphatic heterocycles. The van der Waals surface area contributed by atoms with Gasteiger partial charge in [0, 0.05) is 0 Å². The van der Waals surface area contributed by atoms with Crippen LogP contribution < -0.4 is 0 Å². The zero-order valence-electron chi connectivity index (χ0n) is 12.8. The number of esters is 1. The molecular weight excluding hydrogens is 250 g/mol. The molecule has 3 heteroatoms. The number of carbonyl (C=O) groups is 1. The van der Waals surface area contributed by atoms with E-state index < -0.39 is 0 Å². The quantitative estimate of drug-likeness (QED) is 0.774. The number of rotatable bonds is 5. The van der Waals surface area contributed by atoms with Crippen LogP contribution >= 0.6 is 0 Å². The molecule has 2 rings (SSSR count). The van der Waals surface area contributed by atoms with E-state index in [9.17, 15) is 4.79 Å². The molecule has 1 fully saturated rings. The Bertz CT molecular complexity index is 442. The lowest BCUT2D eigenvalue weighted by molar-refractivity contribution is -0.145. The number of methoxy groups -OCH3 is 1. The minimum absolute atomic E-state index is 0.0356. The molecule has 1 atom stereocenters. The van der Waals surface area contributed by atoms with E-state index in [1.54, 1.807) is 0 Å². The van der Waals surface area contributed by atoms with E-state index in [1.807, 2.05) is 6.07 Å². The van der Waals surface area contributed by atoms with E-state index in [4.69, 9.17) is 4.74 Å². The lowest BCUT2D eigenvalue weighted by Gasteiger charge is -2.30. The van der Waals surface area contributed by atoms with Crippen molar-refractivity contribution in [2.24, 2.45) is 0 Å². The molecule has 1 heterocycles. The molecule has 0 aromatic heterocycles. The van der Waals surface area contributed by atoms with E-state index in [2.05, 4.69) is 43.0 Å². The van der Waals surface area contributed by atoms with Gasteiger partial charge >= 0.3 is 5.97 Å². The Kier molecular flexibility index (Phi) is 4.81. The number of likely N-dealkylation sites (tertiary alicyclic amines) is 1. The highest BCUT2D eigenvalue weighted by molar-refractivity contribution is 5.75. The summed E-state index contributed by atoms with van der Waals surface area (Å²) < 4.78 is 4.90. The Labute approximate surface area is 121 Å². The molecule has 0 bridgehead atoms. The molecule has 0 amide bonds. The topological polar surface area (TPSA) is 29.5 Å². The van der Waals surface area contributed by atoms with E-state index in [0.29, 0.717) is 0 Å². The standard InChI is InChI=1S/C17H25NO2/c1-17(2,14-8-5-4-6-9-14)11-13-18-12-7-10-15(18)16(19)20-3/h4-6,8-9,15H,7,10-13H2,1-3H3/t15-/m1/s1. The van der Waals surface area contributed by atoms with Crippen LogP contribution in [0, 0.1) is 0 Å². The third kappa shape index (κ3) is 3.40. The number of hydrogen-bond donors (Lipinski definition) is 0. The molecule has 1 aromatic carbocycles. The molecule has 3 nitrogen and oxygen atoms in total. The maximum Gasteiger partial charge on any atom is 0.323 e. The Balaban J connectivity index is 1.96. The summed E-state index contributed by atoms with van der Waals surface area (Å²) in [5.74, 6) is -0.0833. The maximum absolute atomic E-state index is 11.8. The molecule has 0 aliphatic carbocycles. The smallest absolute Gasteiger partial charge is 0.323 e. The van der Waals surface area contributed by atoms with Crippen molar-refractivity contribution < 1.29 is 9.53 Å². The van der Waals surface area contributed by atoms with Crippen LogP contribution in [0.1, 0.15) is 38.7 Å². The largest absolute Gasteiger partial charge is 0.468 e. The second kappa shape index (κ2) is 6.40. The summed E-state index contributed by atoms with van der Waals surface area (Å²) in [5.41, 5.74) is 1.48. The molecule has 0 saturated carbocycles. The number of benzene rings is 1. The Morgan fingerprint density at radius 1 is 1.35 bits per heavy atom. The Morgan fingerprint density at radius 2 is 2.05 bits per heavy atom. The van der Waals surface area contributed by atoms with Crippen LogP contribution in [0.5, 0.6) is 0 Å². The molecule has 0 spiro atoms. The number of ether oxygens (including phenoxy) is 1. The van der Waals surface area contributed by atoms with Crippen molar-refractivity contribution in [2.45, 2.75) is 44.6 Å². The normalized spacial score (nSPS) is 20.1. The summed E-state index contributed by atoms with van der Waals surface area (Å²) in [6, 6.07) is 10.6. The van der Waals surface area contributed by atoms with Gasteiger partial charge in [-0.3, -0.25) is 9.69 Å². The molecular formula is C17H25NO2. The summed E-state index contributed by atoms with van der Waals surface area (Å²) >= 11 is 0. The summed E-state index contributed by atoms with van der Waals surface area (Å²) in [5, 5.41) is 0. The average Bonchev–Trinajstić information content (AvgIpc) is 2.94. The van der Waals surface area contributed by atoms with Crippen LogP contribution in [0.3, 0.4) is 0 Å². The van der Waals surface area contributed by atoms with Gasteiger partial charge < -0.3 is 4.74 Å². The highest BCUT2D eigenvalue weighted by Gasteiger charge is 2.32. The fourth-order valence-corrected chi connectivity index (χ4v) is 2.95. The predicted molar refractivity (Wildman–Crippen MR) is 80.7 cm³/mol. The highest BCUT2D eigenvalue weighted by atomic mass is 16.5. The molecule has 1 saturated heterocycles. The van der Waals surface area contributed by atoms with Crippen molar-refractivity contribution in [2.75, 3.05) is 20.2 Å². The SMILES string of the molecule is COC(=O)[C@H]1CCCN1CCC(C)(C)c1ccccc1. The van der Waals surface area contributed by atoms with Crippen LogP contribution in [0.25, 0.3) is 0 Å². The van der Waals surface area contributed by atoms with Crippen molar-refractivity contribution in [3.63, 3.8) is 0 Å². The third-order valence-electron chi connectivity index (χ3n) is 4.42. The molecule has 1 aromatic rings. The third-order valence-corrected chi connectivity index (χ3v) is 4.42. The minimum atomic E-state index is -0.0833. The summed E-state index contributed by atoms with van der Waals surface area (Å²) in [7, 11) is 1.48. The first-order chi connectivity index (χ1) is 9.54. The van der Waals surface area contributed by atoms with Crippen LogP contribution in [-0.2, 0) is 14.9 Å². The van der Waals surface area contributed by atoms with Gasteiger partial charge in [-0.15, -0.1) is 0 Å². The summed E-state index contributed by atoms with van der Waals surface area (Å²) in [6.07, 6.45) is 3.06. The molecule has 0 N–H and O–H groups in total. The zero-order chi connectivity index (χ0) is 14.6. The van der Waals surface area contributed by atoms with Crippen molar-refractivity contribution >= 4 is 5.97 Å². The van der Waals surface area contributed by atoms with E-state index in [1.165, 1.54) is 12.7 Å². The number of nitrogens with zero attached hydrogens (tertiary/aromatic N) is 1. The van der Waals surface area contributed by atoms with Gasteiger partial charge in [-0.2, -0.15) is 0 Å². The second-order valence-corrected chi connectivity index (χ2v) is 6.22. The number of hydrogen-bond acceptors (Lipinski definition) is 3. The zero-order valence-corrected chi connectivity index (χ0v) is 12.8. The lowest BCUT2D eigenvalue weighted by atomic mass is 9.81. The Morgan fingerprint density at radius 3 is 2.70 bits per heavy atom. The minimum Gasteiger partial charge on any atom is -0.468 e. The van der Waals surface area contributed by atoms with Crippen molar-refractivity contribution in [1.29, 1.82) is 0 Å². The monoisotopic (exact) mass is 275 g/mol. The predicted octanol–water partition coefficient (Wildman–Crippen LogP) is 2.99. The van der Waals surface area contributed by atoms with Gasteiger partial charge in [0.2, 0.25) is 0 Å². The fraction of sp³-hybridized carbons (Fsp3) is 0.588. The van der Waals surface area contributed by atoms with Gasteiger partial charge in [0.1, 0.15) is 6.04 Å². The van der Waals surface area contributed by atoms with E-state index in [0.717, 1.165) is 32.4 Å². The van der Waals surface area contributed by atoms with E-state index in [-0.39, 0.29) is 17.4 Å². The van der Waals surface area contributed by atoms with Gasteiger partial charge in [0.05, 0.1) is 7.11 Å². The molecule has 0 unspecified atom stereocenters. The van der Waals surface area contributed by atoms with Crippen LogP contribution in [0.2, 0.25) is 0 Å². The van der Waals surface area contributed by atoms with Gasteiger partial charge in [-0.05, 0) is 43.3 Å². The van der Waals surface area contributed by atoms with Crippen molar-refractivity contribution in [3.8, 4) is 0 Å². The first kappa shape index (κ1) is 15.0. The first-order valence-electron chi connectivity index (χ1n) is 7.42. The summed E-state index contributed by atoms with van der Waals surface area (Å²) in [4.78, 5) is 14.0. The second-order valence-electron chi connectivity index (χ2n) is 6.22. The van der Waals surface area contributed by atoms with Gasteiger partial charge in [0.25, 0.3) is 0 Å². The van der Waals surface area contributed by atoms with Crippen molar-refractivity contribution in [1.82, 2.24) is 4.90 Å². The van der Waals surface area contributed by atoms with Crippen molar-refractivity contribution in [3.05, 3.63) is 35.9 Å². The van der Waals surface area contributed by atoms with Gasteiger partial charge in [-0.1, -0.05) is 44.2 Å². The lowest BCUT2D eigenvalue weighted by Crippen LogP contribution is -2.39. The van der Waals surface area contributed by atoms with Crippen LogP contribution in [0.4, 0.5) is 0 Å². The first-order valence-corrected chi connectivity index (χ1v) is 7.42. The Hall–Kier alpha value is -1.35. The fourth-order valence-electron chi connectivity index (χ4n) is 2.95.